The highest BCUT2D eigenvalue weighted by Gasteiger charge is 2.32. The van der Waals surface area contributed by atoms with E-state index in [1.807, 2.05) is 0 Å². The normalized spacial score (nSPS) is 23.2. The molecule has 0 spiro atoms. The molecule has 1 aliphatic heterocycles. The van der Waals surface area contributed by atoms with Gasteiger partial charge in [-0.15, -0.1) is 0 Å². The molecule has 11 heavy (non-hydrogen) atoms. The van der Waals surface area contributed by atoms with E-state index in [4.69, 9.17) is 0 Å². The van der Waals surface area contributed by atoms with Gasteiger partial charge in [-0.2, -0.15) is 0 Å². The van der Waals surface area contributed by atoms with Gasteiger partial charge in [0.1, 0.15) is 0 Å². The summed E-state index contributed by atoms with van der Waals surface area (Å²) in [6.07, 6.45) is -0.917. The zero-order valence-electron chi connectivity index (χ0n) is 5.80. The number of hydrazine groups is 1. The number of hydrogen-bond acceptors (Lipinski definition) is 4. The molecule has 1 saturated heterocycles. The standard InChI is InChI=1S/C5H7N3O3/c1-2(9)6-4-3(10)5(11)8-7-4/h4,7H,1H3,(H,6,9)(H,8,11). The summed E-state index contributed by atoms with van der Waals surface area (Å²) in [5.74, 6) is -1.78. The van der Waals surface area contributed by atoms with Crippen molar-refractivity contribution in [3.63, 3.8) is 0 Å². The molecule has 0 aromatic heterocycles. The lowest BCUT2D eigenvalue weighted by atomic mass is 10.3. The minimum Gasteiger partial charge on any atom is -0.333 e. The third-order valence-corrected chi connectivity index (χ3v) is 1.16. The SMILES string of the molecule is CC(=O)NC1NNC(=O)C1=O. The third kappa shape index (κ3) is 1.53. The Morgan fingerprint density at radius 2 is 2.18 bits per heavy atom. The van der Waals surface area contributed by atoms with Gasteiger partial charge in [-0.05, 0) is 0 Å². The maximum atomic E-state index is 10.8. The molecule has 1 aliphatic rings. The van der Waals surface area contributed by atoms with E-state index in [9.17, 15) is 14.4 Å². The summed E-state index contributed by atoms with van der Waals surface area (Å²) in [5.41, 5.74) is 4.38. The molecule has 0 aliphatic carbocycles. The van der Waals surface area contributed by atoms with Crippen LogP contribution in [0.25, 0.3) is 0 Å². The minimum atomic E-state index is -0.917. The highest BCUT2D eigenvalue weighted by molar-refractivity contribution is 6.39. The Bertz CT molecular complexity index is 225. The fourth-order valence-electron chi connectivity index (χ4n) is 0.701. The zero-order valence-corrected chi connectivity index (χ0v) is 5.80. The van der Waals surface area contributed by atoms with Crippen molar-refractivity contribution in [3.05, 3.63) is 0 Å². The van der Waals surface area contributed by atoms with Gasteiger partial charge in [0.2, 0.25) is 5.91 Å². The van der Waals surface area contributed by atoms with Crippen LogP contribution in [0.1, 0.15) is 6.92 Å². The molecule has 3 N–H and O–H groups in total. The second kappa shape index (κ2) is 2.67. The smallest absolute Gasteiger partial charge is 0.305 e. The van der Waals surface area contributed by atoms with Gasteiger partial charge < -0.3 is 5.32 Å². The largest absolute Gasteiger partial charge is 0.333 e. The molecule has 6 heteroatoms. The third-order valence-electron chi connectivity index (χ3n) is 1.16. The fraction of sp³-hybridized carbons (Fsp3) is 0.400. The van der Waals surface area contributed by atoms with E-state index < -0.39 is 17.9 Å². The topological polar surface area (TPSA) is 87.3 Å². The van der Waals surface area contributed by atoms with E-state index in [1.54, 1.807) is 0 Å². The van der Waals surface area contributed by atoms with Crippen LogP contribution in [0.5, 0.6) is 0 Å². The number of Topliss-reactive ketones (excluding diaryl/α,β-unsaturated/α-hetero) is 1. The Balaban J connectivity index is 2.55. The average Bonchev–Trinajstić information content (AvgIpc) is 2.18. The van der Waals surface area contributed by atoms with E-state index in [0.29, 0.717) is 0 Å². The molecule has 0 aromatic carbocycles. The minimum absolute atomic E-state index is 0.368. The van der Waals surface area contributed by atoms with Crippen LogP contribution in [-0.2, 0) is 14.4 Å². The van der Waals surface area contributed by atoms with Crippen LogP contribution in [0.3, 0.4) is 0 Å². The maximum absolute atomic E-state index is 10.8. The molecule has 0 radical (unpaired) electrons. The number of carbonyl (C=O) groups is 3. The Labute approximate surface area is 62.3 Å². The average molecular weight is 157 g/mol. The summed E-state index contributed by atoms with van der Waals surface area (Å²) in [6, 6.07) is 0. The van der Waals surface area contributed by atoms with E-state index >= 15 is 0 Å². The van der Waals surface area contributed by atoms with Crippen molar-refractivity contribution in [1.82, 2.24) is 16.2 Å². The molecule has 1 heterocycles. The lowest BCUT2D eigenvalue weighted by molar-refractivity contribution is -0.136. The van der Waals surface area contributed by atoms with Gasteiger partial charge >= 0.3 is 5.91 Å². The molecule has 0 bridgehead atoms. The number of hydrogen-bond donors (Lipinski definition) is 3. The molecule has 1 unspecified atom stereocenters. The van der Waals surface area contributed by atoms with Crippen molar-refractivity contribution in [2.75, 3.05) is 0 Å². The van der Waals surface area contributed by atoms with E-state index in [1.165, 1.54) is 6.92 Å². The van der Waals surface area contributed by atoms with Crippen molar-refractivity contribution in [1.29, 1.82) is 0 Å². The van der Waals surface area contributed by atoms with Crippen molar-refractivity contribution < 1.29 is 14.4 Å². The van der Waals surface area contributed by atoms with Crippen molar-refractivity contribution in [3.8, 4) is 0 Å². The lowest BCUT2D eigenvalue weighted by Gasteiger charge is -2.05. The highest BCUT2D eigenvalue weighted by Crippen LogP contribution is 1.87. The van der Waals surface area contributed by atoms with Gasteiger partial charge in [0.25, 0.3) is 5.78 Å². The summed E-state index contributed by atoms with van der Waals surface area (Å²) in [7, 11) is 0. The summed E-state index contributed by atoms with van der Waals surface area (Å²) < 4.78 is 0. The molecular formula is C5H7N3O3. The Morgan fingerprint density at radius 3 is 2.55 bits per heavy atom. The van der Waals surface area contributed by atoms with Crippen LogP contribution < -0.4 is 16.2 Å². The van der Waals surface area contributed by atoms with E-state index in [-0.39, 0.29) is 5.91 Å². The number of ketones is 1. The van der Waals surface area contributed by atoms with Gasteiger partial charge in [-0.25, -0.2) is 5.43 Å². The lowest BCUT2D eigenvalue weighted by Crippen LogP contribution is -2.46. The van der Waals surface area contributed by atoms with Gasteiger partial charge in [-0.1, -0.05) is 0 Å². The predicted octanol–water partition coefficient (Wildman–Crippen LogP) is -2.35. The first kappa shape index (κ1) is 7.67. The Hall–Kier alpha value is -1.43. The molecule has 2 amide bonds. The Kier molecular flexibility index (Phi) is 1.86. The van der Waals surface area contributed by atoms with E-state index in [0.717, 1.165) is 0 Å². The maximum Gasteiger partial charge on any atom is 0.305 e. The molecule has 1 atom stereocenters. The molecule has 1 rings (SSSR count). The van der Waals surface area contributed by atoms with Crippen LogP contribution in [0.15, 0.2) is 0 Å². The summed E-state index contributed by atoms with van der Waals surface area (Å²) >= 11 is 0. The zero-order chi connectivity index (χ0) is 8.43. The summed E-state index contributed by atoms with van der Waals surface area (Å²) in [4.78, 5) is 31.7. The number of nitrogens with one attached hydrogen (secondary N) is 3. The predicted molar refractivity (Wildman–Crippen MR) is 33.9 cm³/mol. The van der Waals surface area contributed by atoms with Gasteiger partial charge in [0.05, 0.1) is 0 Å². The second-order valence-electron chi connectivity index (χ2n) is 2.10. The molecule has 0 aromatic rings. The molecule has 6 nitrogen and oxygen atoms in total. The van der Waals surface area contributed by atoms with Crippen LogP contribution >= 0.6 is 0 Å². The highest BCUT2D eigenvalue weighted by atomic mass is 16.2. The van der Waals surface area contributed by atoms with Crippen LogP contribution in [0.4, 0.5) is 0 Å². The quantitative estimate of drug-likeness (QED) is 0.372. The van der Waals surface area contributed by atoms with Crippen molar-refractivity contribution >= 4 is 17.6 Å². The van der Waals surface area contributed by atoms with Crippen molar-refractivity contribution in [2.45, 2.75) is 13.1 Å². The Morgan fingerprint density at radius 1 is 1.55 bits per heavy atom. The molecule has 1 fully saturated rings. The fourth-order valence-corrected chi connectivity index (χ4v) is 0.701. The number of amides is 2. The van der Waals surface area contributed by atoms with Crippen LogP contribution in [0, 0.1) is 0 Å². The molecular weight excluding hydrogens is 150 g/mol. The first-order valence-electron chi connectivity index (χ1n) is 2.98. The summed E-state index contributed by atoms with van der Waals surface area (Å²) in [5, 5.41) is 2.24. The first-order chi connectivity index (χ1) is 5.11. The van der Waals surface area contributed by atoms with Crippen LogP contribution in [0.2, 0.25) is 0 Å². The summed E-state index contributed by atoms with van der Waals surface area (Å²) in [6.45, 7) is 1.26. The monoisotopic (exact) mass is 157 g/mol. The van der Waals surface area contributed by atoms with Crippen molar-refractivity contribution in [2.24, 2.45) is 0 Å². The van der Waals surface area contributed by atoms with Crippen LogP contribution in [-0.4, -0.2) is 23.8 Å². The number of rotatable bonds is 1. The first-order valence-corrected chi connectivity index (χ1v) is 2.98. The van der Waals surface area contributed by atoms with Gasteiger partial charge in [0.15, 0.2) is 6.17 Å². The second-order valence-corrected chi connectivity index (χ2v) is 2.10. The molecule has 0 saturated carbocycles. The van der Waals surface area contributed by atoms with Gasteiger partial charge in [-0.3, -0.25) is 19.8 Å². The van der Waals surface area contributed by atoms with E-state index in [2.05, 4.69) is 16.2 Å². The van der Waals surface area contributed by atoms with Gasteiger partial charge in [0, 0.05) is 6.92 Å². The number of carbonyl (C=O) groups excluding carboxylic acids is 3. The molecule has 60 valence electrons.